The summed E-state index contributed by atoms with van der Waals surface area (Å²) in [6, 6.07) is 0. The van der Waals surface area contributed by atoms with Crippen molar-refractivity contribution in [2.75, 3.05) is 39.3 Å². The Hall–Kier alpha value is -0.120. The largest absolute Gasteiger partial charge is 0.373 e. The normalized spacial score (nSPS) is 29.1. The topological polar surface area (TPSA) is 24.5 Å². The molecule has 1 N–H and O–H groups in total. The molecule has 0 saturated carbocycles. The second kappa shape index (κ2) is 5.25. The van der Waals surface area contributed by atoms with Crippen molar-refractivity contribution in [3.8, 4) is 0 Å². The minimum atomic E-state index is 0.0418. The third-order valence-electron chi connectivity index (χ3n) is 4.48. The number of morpholine rings is 1. The van der Waals surface area contributed by atoms with Gasteiger partial charge in [-0.2, -0.15) is 0 Å². The lowest BCUT2D eigenvalue weighted by Crippen LogP contribution is -2.53. The van der Waals surface area contributed by atoms with E-state index in [2.05, 4.69) is 31.0 Å². The van der Waals surface area contributed by atoms with Gasteiger partial charge in [-0.3, -0.25) is 4.90 Å². The van der Waals surface area contributed by atoms with Gasteiger partial charge in [-0.1, -0.05) is 6.92 Å². The summed E-state index contributed by atoms with van der Waals surface area (Å²) in [4.78, 5) is 2.62. The number of nitrogens with zero attached hydrogens (tertiary/aromatic N) is 1. The molecule has 0 aliphatic carbocycles. The number of ether oxygens (including phenoxy) is 1. The zero-order valence-electron chi connectivity index (χ0n) is 11.7. The van der Waals surface area contributed by atoms with Gasteiger partial charge in [0.2, 0.25) is 0 Å². The minimum absolute atomic E-state index is 0.0418. The molecule has 17 heavy (non-hydrogen) atoms. The zero-order valence-corrected chi connectivity index (χ0v) is 11.7. The van der Waals surface area contributed by atoms with Crippen LogP contribution in [0.2, 0.25) is 0 Å². The van der Waals surface area contributed by atoms with Crippen LogP contribution in [0.5, 0.6) is 0 Å². The molecule has 0 bridgehead atoms. The van der Waals surface area contributed by atoms with Crippen LogP contribution in [0.1, 0.15) is 40.0 Å². The van der Waals surface area contributed by atoms with Crippen LogP contribution in [-0.2, 0) is 4.74 Å². The standard InChI is InChI=1S/C14H28N2O/c1-4-14(5-7-15-8-6-14)12-16-9-10-17-13(2,3)11-16/h15H,4-12H2,1-3H3. The Labute approximate surface area is 106 Å². The molecule has 2 saturated heterocycles. The van der Waals surface area contributed by atoms with Crippen LogP contribution in [0, 0.1) is 5.41 Å². The molecule has 2 heterocycles. The quantitative estimate of drug-likeness (QED) is 0.815. The van der Waals surface area contributed by atoms with E-state index in [1.165, 1.54) is 38.9 Å². The highest BCUT2D eigenvalue weighted by atomic mass is 16.5. The van der Waals surface area contributed by atoms with E-state index in [1.807, 2.05) is 0 Å². The monoisotopic (exact) mass is 240 g/mol. The molecule has 2 aliphatic rings. The first kappa shape index (κ1) is 13.3. The van der Waals surface area contributed by atoms with Crippen molar-refractivity contribution in [1.29, 1.82) is 0 Å². The van der Waals surface area contributed by atoms with Crippen LogP contribution in [0.15, 0.2) is 0 Å². The lowest BCUT2D eigenvalue weighted by atomic mass is 9.76. The maximum Gasteiger partial charge on any atom is 0.0753 e. The molecule has 0 amide bonds. The summed E-state index contributed by atoms with van der Waals surface area (Å²) in [7, 11) is 0. The molecule has 2 fully saturated rings. The van der Waals surface area contributed by atoms with Gasteiger partial charge in [0.25, 0.3) is 0 Å². The minimum Gasteiger partial charge on any atom is -0.373 e. The summed E-state index contributed by atoms with van der Waals surface area (Å²) >= 11 is 0. The fourth-order valence-electron chi connectivity index (χ4n) is 3.30. The highest BCUT2D eigenvalue weighted by Gasteiger charge is 2.35. The van der Waals surface area contributed by atoms with Crippen molar-refractivity contribution in [3.63, 3.8) is 0 Å². The molecule has 0 aromatic carbocycles. The van der Waals surface area contributed by atoms with Gasteiger partial charge >= 0.3 is 0 Å². The maximum atomic E-state index is 5.80. The summed E-state index contributed by atoms with van der Waals surface area (Å²) in [5.74, 6) is 0. The Balaban J connectivity index is 1.93. The number of hydrogen-bond acceptors (Lipinski definition) is 3. The van der Waals surface area contributed by atoms with Crippen LogP contribution in [0.3, 0.4) is 0 Å². The van der Waals surface area contributed by atoms with Gasteiger partial charge in [-0.05, 0) is 51.6 Å². The second-order valence-corrected chi connectivity index (χ2v) is 6.42. The smallest absolute Gasteiger partial charge is 0.0753 e. The van der Waals surface area contributed by atoms with Crippen molar-refractivity contribution in [2.24, 2.45) is 5.41 Å². The summed E-state index contributed by atoms with van der Waals surface area (Å²) in [5, 5.41) is 3.48. The van der Waals surface area contributed by atoms with Crippen molar-refractivity contribution < 1.29 is 4.74 Å². The molecule has 100 valence electrons. The maximum absolute atomic E-state index is 5.80. The number of rotatable bonds is 3. The van der Waals surface area contributed by atoms with Crippen LogP contribution in [0.25, 0.3) is 0 Å². The van der Waals surface area contributed by atoms with Crippen molar-refractivity contribution >= 4 is 0 Å². The summed E-state index contributed by atoms with van der Waals surface area (Å²) in [5.41, 5.74) is 0.596. The number of hydrogen-bond donors (Lipinski definition) is 1. The third kappa shape index (κ3) is 3.43. The second-order valence-electron chi connectivity index (χ2n) is 6.42. The Morgan fingerprint density at radius 2 is 1.94 bits per heavy atom. The van der Waals surface area contributed by atoms with Gasteiger partial charge in [0, 0.05) is 19.6 Å². The fraction of sp³-hybridized carbons (Fsp3) is 1.00. The highest BCUT2D eigenvalue weighted by molar-refractivity contribution is 4.89. The molecule has 0 aromatic heterocycles. The average Bonchev–Trinajstić information content (AvgIpc) is 2.29. The van der Waals surface area contributed by atoms with Crippen LogP contribution >= 0.6 is 0 Å². The van der Waals surface area contributed by atoms with Gasteiger partial charge in [0.15, 0.2) is 0 Å². The van der Waals surface area contributed by atoms with E-state index in [0.717, 1.165) is 19.7 Å². The van der Waals surface area contributed by atoms with E-state index in [-0.39, 0.29) is 5.60 Å². The van der Waals surface area contributed by atoms with E-state index >= 15 is 0 Å². The summed E-state index contributed by atoms with van der Waals surface area (Å²) in [6.07, 6.45) is 3.98. The first-order valence-electron chi connectivity index (χ1n) is 7.12. The van der Waals surface area contributed by atoms with Crippen molar-refractivity contribution in [2.45, 2.75) is 45.6 Å². The van der Waals surface area contributed by atoms with E-state index in [1.54, 1.807) is 0 Å². The third-order valence-corrected chi connectivity index (χ3v) is 4.48. The van der Waals surface area contributed by atoms with Gasteiger partial charge in [-0.15, -0.1) is 0 Å². The van der Waals surface area contributed by atoms with E-state index in [4.69, 9.17) is 4.74 Å². The highest BCUT2D eigenvalue weighted by Crippen LogP contribution is 2.34. The molecule has 3 heteroatoms. The van der Waals surface area contributed by atoms with E-state index in [0.29, 0.717) is 5.41 Å². The summed E-state index contributed by atoms with van der Waals surface area (Å²) < 4.78 is 5.80. The Morgan fingerprint density at radius 3 is 2.53 bits per heavy atom. The molecule has 0 aromatic rings. The first-order valence-corrected chi connectivity index (χ1v) is 7.12. The van der Waals surface area contributed by atoms with E-state index < -0.39 is 0 Å². The molecule has 2 aliphatic heterocycles. The van der Waals surface area contributed by atoms with Gasteiger partial charge in [0.1, 0.15) is 0 Å². The predicted molar refractivity (Wildman–Crippen MR) is 71.3 cm³/mol. The molecule has 0 radical (unpaired) electrons. The molecule has 3 nitrogen and oxygen atoms in total. The molecule has 0 unspecified atom stereocenters. The van der Waals surface area contributed by atoms with Crippen LogP contribution in [0.4, 0.5) is 0 Å². The first-order chi connectivity index (χ1) is 8.05. The Morgan fingerprint density at radius 1 is 1.24 bits per heavy atom. The molecule has 0 spiro atoms. The SMILES string of the molecule is CCC1(CN2CCOC(C)(C)C2)CCNCC1. The van der Waals surface area contributed by atoms with E-state index in [9.17, 15) is 0 Å². The molecule has 0 atom stereocenters. The van der Waals surface area contributed by atoms with Gasteiger partial charge < -0.3 is 10.1 Å². The van der Waals surface area contributed by atoms with Gasteiger partial charge in [0.05, 0.1) is 12.2 Å². The Bertz CT molecular complexity index is 247. The zero-order chi connectivity index (χ0) is 12.4. The molecular formula is C14H28N2O. The van der Waals surface area contributed by atoms with Crippen molar-refractivity contribution in [3.05, 3.63) is 0 Å². The van der Waals surface area contributed by atoms with Gasteiger partial charge in [-0.25, -0.2) is 0 Å². The van der Waals surface area contributed by atoms with Crippen molar-refractivity contribution in [1.82, 2.24) is 10.2 Å². The average molecular weight is 240 g/mol. The lowest BCUT2D eigenvalue weighted by molar-refractivity contribution is -0.0964. The fourth-order valence-corrected chi connectivity index (χ4v) is 3.30. The lowest BCUT2D eigenvalue weighted by Gasteiger charge is -2.45. The number of nitrogens with one attached hydrogen (secondary N) is 1. The Kier molecular flexibility index (Phi) is 4.11. The molecular weight excluding hydrogens is 212 g/mol. The molecule has 2 rings (SSSR count). The predicted octanol–water partition coefficient (Wildman–Crippen LogP) is 1.88. The summed E-state index contributed by atoms with van der Waals surface area (Å²) in [6.45, 7) is 13.5. The van der Waals surface area contributed by atoms with Crippen LogP contribution in [-0.4, -0.2) is 49.8 Å². The number of piperidine rings is 1. The van der Waals surface area contributed by atoms with Crippen LogP contribution < -0.4 is 5.32 Å².